The van der Waals surface area contributed by atoms with E-state index >= 15 is 0 Å². The quantitative estimate of drug-likeness (QED) is 0.827. The number of hydrogen-bond acceptors (Lipinski definition) is 4. The van der Waals surface area contributed by atoms with E-state index in [4.69, 9.17) is 4.74 Å². The molecule has 1 aliphatic rings. The lowest BCUT2D eigenvalue weighted by Gasteiger charge is -2.36. The van der Waals surface area contributed by atoms with Crippen LogP contribution in [-0.4, -0.2) is 50.6 Å². The SMILES string of the molecule is CCOc1ccccc1C(=O)NC(C)c1cc(F)ccc1N1CCN(C)CC1. The molecule has 1 aliphatic heterocycles. The second-order valence-electron chi connectivity index (χ2n) is 7.12. The van der Waals surface area contributed by atoms with Crippen LogP contribution in [0.3, 0.4) is 0 Å². The summed E-state index contributed by atoms with van der Waals surface area (Å²) in [6.45, 7) is 7.92. The number of halogens is 1. The van der Waals surface area contributed by atoms with Crippen molar-refractivity contribution in [3.63, 3.8) is 0 Å². The van der Waals surface area contributed by atoms with Crippen molar-refractivity contribution in [2.45, 2.75) is 19.9 Å². The first kappa shape index (κ1) is 20.1. The molecule has 1 N–H and O–H groups in total. The maximum atomic E-state index is 14.0. The zero-order chi connectivity index (χ0) is 20.1. The molecule has 1 amide bonds. The standard InChI is InChI=1S/C22H28FN3O2/c1-4-28-21-8-6-5-7-18(21)22(27)24-16(2)19-15-17(23)9-10-20(19)26-13-11-25(3)12-14-26/h5-10,15-16H,4,11-14H2,1-3H3,(H,24,27). The molecule has 0 aliphatic carbocycles. The van der Waals surface area contributed by atoms with Gasteiger partial charge in [0, 0.05) is 37.4 Å². The summed E-state index contributed by atoms with van der Waals surface area (Å²) in [7, 11) is 2.10. The Hall–Kier alpha value is -2.60. The molecule has 0 saturated carbocycles. The molecule has 28 heavy (non-hydrogen) atoms. The molecule has 150 valence electrons. The van der Waals surface area contributed by atoms with E-state index in [0.717, 1.165) is 37.4 Å². The number of ether oxygens (including phenoxy) is 1. The Morgan fingerprint density at radius 3 is 2.61 bits per heavy atom. The van der Waals surface area contributed by atoms with E-state index in [9.17, 15) is 9.18 Å². The van der Waals surface area contributed by atoms with E-state index in [1.807, 2.05) is 26.0 Å². The van der Waals surface area contributed by atoms with Gasteiger partial charge >= 0.3 is 0 Å². The fourth-order valence-corrected chi connectivity index (χ4v) is 3.50. The zero-order valence-corrected chi connectivity index (χ0v) is 16.7. The third-order valence-electron chi connectivity index (χ3n) is 5.08. The van der Waals surface area contributed by atoms with Gasteiger partial charge in [0.25, 0.3) is 5.91 Å². The fourth-order valence-electron chi connectivity index (χ4n) is 3.50. The molecule has 6 heteroatoms. The van der Waals surface area contributed by atoms with Crippen LogP contribution in [0.15, 0.2) is 42.5 Å². The summed E-state index contributed by atoms with van der Waals surface area (Å²) in [5.41, 5.74) is 2.24. The number of anilines is 1. The van der Waals surface area contributed by atoms with Gasteiger partial charge in [-0.1, -0.05) is 12.1 Å². The van der Waals surface area contributed by atoms with E-state index in [2.05, 4.69) is 22.2 Å². The normalized spacial score (nSPS) is 15.9. The van der Waals surface area contributed by atoms with Crippen LogP contribution < -0.4 is 15.0 Å². The smallest absolute Gasteiger partial charge is 0.255 e. The molecular weight excluding hydrogens is 357 g/mol. The maximum Gasteiger partial charge on any atom is 0.255 e. The third-order valence-corrected chi connectivity index (χ3v) is 5.08. The topological polar surface area (TPSA) is 44.8 Å². The first-order valence-corrected chi connectivity index (χ1v) is 9.75. The Bertz CT molecular complexity index is 819. The lowest BCUT2D eigenvalue weighted by atomic mass is 10.0. The number of likely N-dealkylation sites (N-methyl/N-ethyl adjacent to an activating group) is 1. The molecule has 1 fully saturated rings. The molecule has 1 saturated heterocycles. The van der Waals surface area contributed by atoms with Crippen LogP contribution in [0.4, 0.5) is 10.1 Å². The van der Waals surface area contributed by atoms with Crippen molar-refractivity contribution in [3.05, 3.63) is 59.4 Å². The van der Waals surface area contributed by atoms with Gasteiger partial charge in [0.15, 0.2) is 0 Å². The second kappa shape index (κ2) is 9.06. The van der Waals surface area contributed by atoms with Crippen LogP contribution in [0.2, 0.25) is 0 Å². The average Bonchev–Trinajstić information content (AvgIpc) is 2.69. The fraction of sp³-hybridized carbons (Fsp3) is 0.409. The highest BCUT2D eigenvalue weighted by Crippen LogP contribution is 2.29. The summed E-state index contributed by atoms with van der Waals surface area (Å²) in [5.74, 6) is 0.0158. The van der Waals surface area contributed by atoms with E-state index in [0.29, 0.717) is 17.9 Å². The van der Waals surface area contributed by atoms with Crippen molar-refractivity contribution in [2.24, 2.45) is 0 Å². The van der Waals surface area contributed by atoms with Crippen LogP contribution in [0.1, 0.15) is 35.8 Å². The van der Waals surface area contributed by atoms with E-state index in [1.165, 1.54) is 12.1 Å². The summed E-state index contributed by atoms with van der Waals surface area (Å²) < 4.78 is 19.6. The lowest BCUT2D eigenvalue weighted by molar-refractivity contribution is 0.0936. The number of carbonyl (C=O) groups is 1. The predicted molar refractivity (Wildman–Crippen MR) is 110 cm³/mol. The van der Waals surface area contributed by atoms with Gasteiger partial charge in [-0.2, -0.15) is 0 Å². The molecule has 1 unspecified atom stereocenters. The third kappa shape index (κ3) is 4.62. The van der Waals surface area contributed by atoms with Gasteiger partial charge in [0.2, 0.25) is 0 Å². The molecule has 3 rings (SSSR count). The molecule has 2 aromatic carbocycles. The van der Waals surface area contributed by atoms with Crippen LogP contribution in [0, 0.1) is 5.82 Å². The molecule has 1 atom stereocenters. The largest absolute Gasteiger partial charge is 0.493 e. The predicted octanol–water partition coefficient (Wildman–Crippen LogP) is 3.47. The number of para-hydroxylation sites is 1. The van der Waals surface area contributed by atoms with Crippen molar-refractivity contribution in [1.29, 1.82) is 0 Å². The Morgan fingerprint density at radius 1 is 1.18 bits per heavy atom. The van der Waals surface area contributed by atoms with Crippen molar-refractivity contribution >= 4 is 11.6 Å². The van der Waals surface area contributed by atoms with E-state index in [1.54, 1.807) is 18.2 Å². The van der Waals surface area contributed by atoms with Crippen LogP contribution in [-0.2, 0) is 0 Å². The number of hydrogen-bond donors (Lipinski definition) is 1. The van der Waals surface area contributed by atoms with E-state index in [-0.39, 0.29) is 17.8 Å². The minimum Gasteiger partial charge on any atom is -0.493 e. The summed E-state index contributed by atoms with van der Waals surface area (Å²) in [6, 6.07) is 11.6. The number of benzene rings is 2. The van der Waals surface area contributed by atoms with Gasteiger partial charge in [0.1, 0.15) is 11.6 Å². The number of amides is 1. The number of piperazine rings is 1. The molecule has 2 aromatic rings. The summed E-state index contributed by atoms with van der Waals surface area (Å²) in [4.78, 5) is 17.4. The van der Waals surface area contributed by atoms with Crippen LogP contribution in [0.25, 0.3) is 0 Å². The number of rotatable bonds is 6. The van der Waals surface area contributed by atoms with Crippen molar-refractivity contribution in [2.75, 3.05) is 44.7 Å². The van der Waals surface area contributed by atoms with Crippen LogP contribution >= 0.6 is 0 Å². The first-order chi connectivity index (χ1) is 13.5. The molecule has 5 nitrogen and oxygen atoms in total. The monoisotopic (exact) mass is 385 g/mol. The Kier molecular flexibility index (Phi) is 6.52. The summed E-state index contributed by atoms with van der Waals surface area (Å²) in [6.07, 6.45) is 0. The number of nitrogens with zero attached hydrogens (tertiary/aromatic N) is 2. The molecular formula is C22H28FN3O2. The van der Waals surface area contributed by atoms with Gasteiger partial charge < -0.3 is 19.9 Å². The molecule has 0 aromatic heterocycles. The highest BCUT2D eigenvalue weighted by atomic mass is 19.1. The molecule has 0 radical (unpaired) electrons. The maximum absolute atomic E-state index is 14.0. The minimum absolute atomic E-state index is 0.231. The molecule has 1 heterocycles. The van der Waals surface area contributed by atoms with Crippen molar-refractivity contribution < 1.29 is 13.9 Å². The second-order valence-corrected chi connectivity index (χ2v) is 7.12. The highest BCUT2D eigenvalue weighted by Gasteiger charge is 2.22. The minimum atomic E-state index is -0.340. The lowest BCUT2D eigenvalue weighted by Crippen LogP contribution is -2.45. The molecule has 0 spiro atoms. The first-order valence-electron chi connectivity index (χ1n) is 9.75. The Balaban J connectivity index is 1.81. The van der Waals surface area contributed by atoms with E-state index < -0.39 is 0 Å². The van der Waals surface area contributed by atoms with Gasteiger partial charge in [-0.05, 0) is 51.2 Å². The van der Waals surface area contributed by atoms with Gasteiger partial charge in [-0.15, -0.1) is 0 Å². The van der Waals surface area contributed by atoms with Crippen molar-refractivity contribution in [1.82, 2.24) is 10.2 Å². The molecule has 0 bridgehead atoms. The van der Waals surface area contributed by atoms with Gasteiger partial charge in [-0.3, -0.25) is 4.79 Å². The summed E-state index contributed by atoms with van der Waals surface area (Å²) in [5, 5.41) is 3.00. The summed E-state index contributed by atoms with van der Waals surface area (Å²) >= 11 is 0. The van der Waals surface area contributed by atoms with Crippen LogP contribution in [0.5, 0.6) is 5.75 Å². The Labute approximate surface area is 166 Å². The highest BCUT2D eigenvalue weighted by molar-refractivity contribution is 5.97. The number of nitrogens with one attached hydrogen (secondary N) is 1. The zero-order valence-electron chi connectivity index (χ0n) is 16.7. The Morgan fingerprint density at radius 2 is 1.89 bits per heavy atom. The van der Waals surface area contributed by atoms with Gasteiger partial charge in [0.05, 0.1) is 18.2 Å². The number of carbonyl (C=O) groups excluding carboxylic acids is 1. The van der Waals surface area contributed by atoms with Crippen molar-refractivity contribution in [3.8, 4) is 5.75 Å². The average molecular weight is 385 g/mol. The van der Waals surface area contributed by atoms with Gasteiger partial charge in [-0.25, -0.2) is 4.39 Å².